The van der Waals surface area contributed by atoms with E-state index in [-0.39, 0.29) is 12.1 Å². The van der Waals surface area contributed by atoms with Gasteiger partial charge >= 0.3 is 0 Å². The van der Waals surface area contributed by atoms with E-state index in [2.05, 4.69) is 75.4 Å². The predicted octanol–water partition coefficient (Wildman–Crippen LogP) is 5.57. The summed E-state index contributed by atoms with van der Waals surface area (Å²) < 4.78 is 5.61. The van der Waals surface area contributed by atoms with Crippen LogP contribution in [0.2, 0.25) is 5.02 Å². The number of piperazine rings is 1. The number of aliphatic imine (C=N–C) groups is 2. The van der Waals surface area contributed by atoms with Crippen LogP contribution in [0.4, 0.5) is 0 Å². The molecule has 208 valence electrons. The van der Waals surface area contributed by atoms with E-state index in [1.54, 1.807) is 0 Å². The first-order valence-electron chi connectivity index (χ1n) is 14.1. The van der Waals surface area contributed by atoms with Crippen LogP contribution in [0.25, 0.3) is 0 Å². The lowest BCUT2D eigenvalue weighted by Gasteiger charge is -2.40. The number of rotatable bonds is 5. The Morgan fingerprint density at radius 2 is 1.70 bits per heavy atom. The third kappa shape index (κ3) is 6.42. The van der Waals surface area contributed by atoms with Gasteiger partial charge in [0.25, 0.3) is 0 Å². The van der Waals surface area contributed by atoms with E-state index in [1.807, 2.05) is 18.2 Å². The molecule has 2 atom stereocenters. The number of amidine groups is 2. The van der Waals surface area contributed by atoms with Crippen LogP contribution in [0, 0.1) is 0 Å². The van der Waals surface area contributed by atoms with E-state index in [0.29, 0.717) is 0 Å². The maximum absolute atomic E-state index is 6.33. The van der Waals surface area contributed by atoms with Crippen molar-refractivity contribution in [1.82, 2.24) is 14.7 Å². The third-order valence-corrected chi connectivity index (χ3v) is 8.47. The van der Waals surface area contributed by atoms with Crippen molar-refractivity contribution in [3.63, 3.8) is 0 Å². The zero-order valence-electron chi connectivity index (χ0n) is 22.6. The van der Waals surface area contributed by atoms with Gasteiger partial charge in [-0.15, -0.1) is 0 Å². The maximum atomic E-state index is 6.33. The van der Waals surface area contributed by atoms with Gasteiger partial charge in [-0.2, -0.15) is 0 Å². The molecule has 1 aromatic carbocycles. The van der Waals surface area contributed by atoms with Crippen molar-refractivity contribution in [3.8, 4) is 0 Å². The smallest absolute Gasteiger partial charge is 0.140 e. The Bertz CT molecular complexity index is 1320. The number of ether oxygens (including phenoxy) is 1. The highest BCUT2D eigenvalue weighted by atomic mass is 35.5. The molecule has 0 radical (unpaired) electrons. The summed E-state index contributed by atoms with van der Waals surface area (Å²) in [6, 6.07) is 8.42. The van der Waals surface area contributed by atoms with Crippen molar-refractivity contribution in [3.05, 3.63) is 106 Å². The molecule has 0 saturated carbocycles. The van der Waals surface area contributed by atoms with Crippen molar-refractivity contribution in [2.24, 2.45) is 9.98 Å². The zero-order valence-corrected chi connectivity index (χ0v) is 24.1. The van der Waals surface area contributed by atoms with E-state index in [9.17, 15) is 0 Å². The molecule has 2 fully saturated rings. The molecule has 2 aliphatic carbocycles. The fourth-order valence-electron chi connectivity index (χ4n) is 5.86. The maximum Gasteiger partial charge on any atom is 0.140 e. The van der Waals surface area contributed by atoms with Crippen LogP contribution in [0.3, 0.4) is 0 Å². The Kier molecular flexibility index (Phi) is 8.80. The first-order valence-corrected chi connectivity index (χ1v) is 14.9. The molecule has 40 heavy (non-hydrogen) atoms. The van der Waals surface area contributed by atoms with Crippen molar-refractivity contribution < 1.29 is 4.74 Å². The summed E-state index contributed by atoms with van der Waals surface area (Å²) >= 11 is 12.6. The number of hydrogen-bond acceptors (Lipinski definition) is 6. The second-order valence-corrected chi connectivity index (χ2v) is 11.4. The fourth-order valence-corrected chi connectivity index (χ4v) is 6.13. The summed E-state index contributed by atoms with van der Waals surface area (Å²) in [5, 5.41) is 1.54. The van der Waals surface area contributed by atoms with E-state index >= 15 is 0 Å². The summed E-state index contributed by atoms with van der Waals surface area (Å²) in [7, 11) is 0. The monoisotopic (exact) mass is 575 g/mol. The molecule has 0 amide bonds. The molecule has 1 aromatic rings. The van der Waals surface area contributed by atoms with Crippen molar-refractivity contribution in [2.75, 3.05) is 59.0 Å². The van der Waals surface area contributed by atoms with E-state index in [4.69, 9.17) is 37.9 Å². The number of fused-ring (bicyclic) bond motifs is 1. The van der Waals surface area contributed by atoms with Crippen LogP contribution in [0.5, 0.6) is 0 Å². The third-order valence-electron chi connectivity index (χ3n) is 7.94. The Hall–Kier alpha value is -2.74. The highest BCUT2D eigenvalue weighted by molar-refractivity contribution is 6.31. The van der Waals surface area contributed by atoms with Crippen molar-refractivity contribution in [2.45, 2.75) is 18.5 Å². The molecular weight excluding hydrogens is 541 g/mol. The zero-order chi connectivity index (χ0) is 27.3. The van der Waals surface area contributed by atoms with Crippen LogP contribution in [0.15, 0.2) is 105 Å². The standard InChI is InChI=1S/C32H35Cl2N5O/c33-26-6-4-5-24(9-12-26)31(25-10-13-27(34)14-11-25)38-17-15-37(16-18-38)23-30-35-29-8-3-1-2-7-28(29)32(36-30)39-19-21-40-22-20-39/h1-3,5-14,29,31H,4,15-23H2. The molecule has 0 aromatic heterocycles. The van der Waals surface area contributed by atoms with Gasteiger partial charge in [-0.25, -0.2) is 4.99 Å². The summed E-state index contributed by atoms with van der Waals surface area (Å²) in [5.74, 6) is 1.96. The largest absolute Gasteiger partial charge is 0.378 e. The van der Waals surface area contributed by atoms with Crippen LogP contribution >= 0.6 is 23.2 Å². The second-order valence-electron chi connectivity index (χ2n) is 10.5. The van der Waals surface area contributed by atoms with Crippen molar-refractivity contribution in [1.29, 1.82) is 0 Å². The van der Waals surface area contributed by atoms with Gasteiger partial charge in [0.2, 0.25) is 0 Å². The van der Waals surface area contributed by atoms with Gasteiger partial charge in [0.15, 0.2) is 0 Å². The molecule has 3 heterocycles. The van der Waals surface area contributed by atoms with Crippen LogP contribution in [-0.2, 0) is 4.74 Å². The number of hydrogen-bond donors (Lipinski definition) is 0. The minimum atomic E-state index is 0.00492. The topological polar surface area (TPSA) is 43.7 Å². The Morgan fingerprint density at radius 1 is 0.900 bits per heavy atom. The molecule has 3 aliphatic heterocycles. The minimum absolute atomic E-state index is 0.00492. The first-order chi connectivity index (χ1) is 19.6. The van der Waals surface area contributed by atoms with E-state index in [1.165, 1.54) is 16.7 Å². The van der Waals surface area contributed by atoms with Gasteiger partial charge in [0, 0.05) is 54.9 Å². The van der Waals surface area contributed by atoms with Gasteiger partial charge in [0.05, 0.1) is 31.8 Å². The minimum Gasteiger partial charge on any atom is -0.378 e. The van der Waals surface area contributed by atoms with Crippen LogP contribution in [0.1, 0.15) is 18.0 Å². The van der Waals surface area contributed by atoms with Crippen LogP contribution in [-0.4, -0.2) is 91.4 Å². The van der Waals surface area contributed by atoms with Crippen LogP contribution < -0.4 is 0 Å². The van der Waals surface area contributed by atoms with E-state index in [0.717, 1.165) is 87.2 Å². The lowest BCUT2D eigenvalue weighted by atomic mass is 9.95. The summed E-state index contributed by atoms with van der Waals surface area (Å²) in [6.07, 6.45) is 19.9. The lowest BCUT2D eigenvalue weighted by Crippen LogP contribution is -2.50. The number of benzene rings is 1. The molecule has 5 aliphatic rings. The number of halogens is 2. The van der Waals surface area contributed by atoms with Gasteiger partial charge < -0.3 is 9.64 Å². The van der Waals surface area contributed by atoms with Gasteiger partial charge in [-0.3, -0.25) is 14.8 Å². The Balaban J connectivity index is 1.17. The molecule has 0 spiro atoms. The summed E-state index contributed by atoms with van der Waals surface area (Å²) in [4.78, 5) is 17.6. The molecule has 0 N–H and O–H groups in total. The van der Waals surface area contributed by atoms with E-state index < -0.39 is 0 Å². The normalized spacial score (nSPS) is 24.7. The molecule has 0 bridgehead atoms. The highest BCUT2D eigenvalue weighted by Gasteiger charge is 2.31. The first kappa shape index (κ1) is 27.4. The summed E-state index contributed by atoms with van der Waals surface area (Å²) in [6.45, 7) is 7.74. The van der Waals surface area contributed by atoms with Gasteiger partial charge in [-0.1, -0.05) is 83.9 Å². The number of morpholine rings is 1. The summed E-state index contributed by atoms with van der Waals surface area (Å²) in [5.41, 5.74) is 3.69. The lowest BCUT2D eigenvalue weighted by molar-refractivity contribution is 0.0681. The average molecular weight is 577 g/mol. The highest BCUT2D eigenvalue weighted by Crippen LogP contribution is 2.33. The number of nitrogens with zero attached hydrogens (tertiary/aromatic N) is 5. The Morgan fingerprint density at radius 3 is 2.50 bits per heavy atom. The molecule has 6 nitrogen and oxygen atoms in total. The number of allylic oxidation sites excluding steroid dienone is 8. The average Bonchev–Trinajstić information content (AvgIpc) is 3.35. The Labute approximate surface area is 247 Å². The molecule has 2 saturated heterocycles. The van der Waals surface area contributed by atoms with Gasteiger partial charge in [0.1, 0.15) is 11.7 Å². The fraction of sp³-hybridized carbons (Fsp3) is 0.375. The SMILES string of the molecule is ClC1=CCC=C(C(c2ccc(Cl)cc2)N2CCN(CC3=NC4C=CC=CC=C4C(N4CCOCC4)=N3)CC2)C=C1. The molecular formula is C32H35Cl2N5O. The van der Waals surface area contributed by atoms with Crippen molar-refractivity contribution >= 4 is 34.9 Å². The molecule has 8 heteroatoms. The molecule has 6 rings (SSSR count). The van der Waals surface area contributed by atoms with Gasteiger partial charge in [-0.05, 0) is 35.8 Å². The predicted molar refractivity (Wildman–Crippen MR) is 165 cm³/mol. The quantitative estimate of drug-likeness (QED) is 0.460. The molecule has 2 unspecified atom stereocenters. The second kappa shape index (κ2) is 12.8.